The number of imidazole rings is 1. The molecule has 2 aromatic rings. The maximum Gasteiger partial charge on any atom is 0.170 e. The lowest BCUT2D eigenvalue weighted by Crippen LogP contribution is -2.16. The molecule has 0 spiro atoms. The Kier molecular flexibility index (Phi) is 1.82. The Labute approximate surface area is 93.6 Å². The lowest BCUT2D eigenvalue weighted by Gasteiger charge is -2.23. The highest BCUT2D eigenvalue weighted by Gasteiger charge is 2.27. The average Bonchev–Trinajstić information content (AvgIpc) is 2.57. The molecule has 1 aliphatic heterocycles. The van der Waals surface area contributed by atoms with Gasteiger partial charge in [-0.3, -0.25) is 0 Å². The van der Waals surface area contributed by atoms with Gasteiger partial charge in [-0.05, 0) is 13.0 Å². The lowest BCUT2D eigenvalue weighted by atomic mass is 10.0. The van der Waals surface area contributed by atoms with Gasteiger partial charge in [-0.2, -0.15) is 0 Å². The second-order valence-electron chi connectivity index (χ2n) is 4.04. The molecule has 0 fully saturated rings. The molecule has 4 nitrogen and oxygen atoms in total. The lowest BCUT2D eigenvalue weighted by molar-refractivity contribution is 0.203. The minimum absolute atomic E-state index is 0.707. The fourth-order valence-corrected chi connectivity index (χ4v) is 2.18. The van der Waals surface area contributed by atoms with E-state index < -0.39 is 6.23 Å². The molecule has 2 heterocycles. The number of nitrogens with one attached hydrogen (secondary N) is 1. The van der Waals surface area contributed by atoms with Crippen LogP contribution < -0.4 is 5.32 Å². The van der Waals surface area contributed by atoms with E-state index in [1.54, 1.807) is 0 Å². The Morgan fingerprint density at radius 2 is 2.12 bits per heavy atom. The number of hydrogen-bond acceptors (Lipinski definition) is 3. The summed E-state index contributed by atoms with van der Waals surface area (Å²) in [5, 5.41) is 13.0. The molecule has 1 aromatic carbocycles. The van der Waals surface area contributed by atoms with Gasteiger partial charge in [0, 0.05) is 18.3 Å². The molecule has 0 bridgehead atoms. The molecule has 0 aliphatic carbocycles. The van der Waals surface area contributed by atoms with Gasteiger partial charge in [0.2, 0.25) is 0 Å². The number of aromatic nitrogens is 2. The molecular formula is C12H13N3O. The van der Waals surface area contributed by atoms with Crippen molar-refractivity contribution in [2.45, 2.75) is 13.2 Å². The number of aryl methyl sites for hydroxylation is 1. The van der Waals surface area contributed by atoms with Gasteiger partial charge in [-0.15, -0.1) is 0 Å². The number of rotatable bonds is 0. The highest BCUT2D eigenvalue weighted by molar-refractivity contribution is 5.80. The predicted octanol–water partition coefficient (Wildman–Crippen LogP) is 1.81. The third kappa shape index (κ3) is 1.10. The van der Waals surface area contributed by atoms with E-state index in [0.717, 1.165) is 22.8 Å². The summed E-state index contributed by atoms with van der Waals surface area (Å²) in [6.45, 7) is 1.94. The average molecular weight is 215 g/mol. The summed E-state index contributed by atoms with van der Waals surface area (Å²) < 4.78 is 2.01. The molecule has 0 saturated carbocycles. The summed E-state index contributed by atoms with van der Waals surface area (Å²) in [4.78, 5) is 4.38. The Balaban J connectivity index is 2.34. The predicted molar refractivity (Wildman–Crippen MR) is 62.0 cm³/mol. The van der Waals surface area contributed by atoms with E-state index in [1.165, 1.54) is 0 Å². The first-order valence-corrected chi connectivity index (χ1v) is 5.25. The highest BCUT2D eigenvalue weighted by atomic mass is 16.3. The van der Waals surface area contributed by atoms with Crippen LogP contribution in [0.15, 0.2) is 24.3 Å². The van der Waals surface area contributed by atoms with Crippen LogP contribution >= 0.6 is 0 Å². The van der Waals surface area contributed by atoms with Crippen molar-refractivity contribution in [1.29, 1.82) is 0 Å². The van der Waals surface area contributed by atoms with Gasteiger partial charge >= 0.3 is 0 Å². The number of para-hydroxylation sites is 1. The minimum atomic E-state index is -0.718. The van der Waals surface area contributed by atoms with E-state index in [-0.39, 0.29) is 0 Å². The van der Waals surface area contributed by atoms with Gasteiger partial charge in [-0.25, -0.2) is 4.98 Å². The molecule has 16 heavy (non-hydrogen) atoms. The minimum Gasteiger partial charge on any atom is -0.368 e. The standard InChI is InChI=1S/C12H13N3O/c1-7-13-10-11(15(7)2)8-5-3-4-6-9(8)14-12(10)16/h3-6,12,14,16H,1-2H3. The zero-order valence-electron chi connectivity index (χ0n) is 9.23. The van der Waals surface area contributed by atoms with Crippen LogP contribution in [0.2, 0.25) is 0 Å². The Morgan fingerprint density at radius 1 is 1.38 bits per heavy atom. The van der Waals surface area contributed by atoms with Crippen molar-refractivity contribution in [3.8, 4) is 11.3 Å². The number of aliphatic hydroxyl groups excluding tert-OH is 1. The molecule has 1 aromatic heterocycles. The first-order chi connectivity index (χ1) is 7.68. The number of anilines is 1. The van der Waals surface area contributed by atoms with Crippen LogP contribution in [0.3, 0.4) is 0 Å². The van der Waals surface area contributed by atoms with Crippen molar-refractivity contribution >= 4 is 5.69 Å². The summed E-state index contributed by atoms with van der Waals surface area (Å²) in [5.41, 5.74) is 3.74. The van der Waals surface area contributed by atoms with Crippen molar-refractivity contribution in [2.24, 2.45) is 7.05 Å². The van der Waals surface area contributed by atoms with Gasteiger partial charge in [0.05, 0.1) is 5.69 Å². The van der Waals surface area contributed by atoms with Gasteiger partial charge in [0.1, 0.15) is 11.5 Å². The summed E-state index contributed by atoms with van der Waals surface area (Å²) in [6.07, 6.45) is -0.718. The molecule has 1 unspecified atom stereocenters. The fraction of sp³-hybridized carbons (Fsp3) is 0.250. The Hall–Kier alpha value is -1.81. The second kappa shape index (κ2) is 3.09. The van der Waals surface area contributed by atoms with Gasteiger partial charge in [-0.1, -0.05) is 18.2 Å². The molecule has 82 valence electrons. The monoisotopic (exact) mass is 215 g/mol. The van der Waals surface area contributed by atoms with Gasteiger partial charge in [0.25, 0.3) is 0 Å². The number of fused-ring (bicyclic) bond motifs is 3. The summed E-state index contributed by atoms with van der Waals surface area (Å²) in [5.74, 6) is 0.905. The van der Waals surface area contributed by atoms with Crippen molar-refractivity contribution in [3.63, 3.8) is 0 Å². The van der Waals surface area contributed by atoms with Crippen LogP contribution in [0.25, 0.3) is 11.3 Å². The van der Waals surface area contributed by atoms with E-state index in [2.05, 4.69) is 10.3 Å². The number of benzene rings is 1. The largest absolute Gasteiger partial charge is 0.368 e. The van der Waals surface area contributed by atoms with Crippen molar-refractivity contribution in [3.05, 3.63) is 35.8 Å². The van der Waals surface area contributed by atoms with E-state index in [1.807, 2.05) is 42.8 Å². The van der Waals surface area contributed by atoms with E-state index in [0.29, 0.717) is 5.69 Å². The first kappa shape index (κ1) is 9.42. The Morgan fingerprint density at radius 3 is 2.94 bits per heavy atom. The molecule has 0 radical (unpaired) electrons. The molecule has 3 rings (SSSR count). The molecule has 1 aliphatic rings. The molecule has 0 amide bonds. The van der Waals surface area contributed by atoms with Crippen LogP contribution in [0.5, 0.6) is 0 Å². The molecule has 0 saturated heterocycles. The fourth-order valence-electron chi connectivity index (χ4n) is 2.18. The zero-order valence-corrected chi connectivity index (χ0v) is 9.23. The smallest absolute Gasteiger partial charge is 0.170 e. The SMILES string of the molecule is Cc1nc2c(n1C)-c1ccccc1NC2O. The number of nitrogens with zero attached hydrogens (tertiary/aromatic N) is 2. The molecule has 1 atom stereocenters. The second-order valence-corrected chi connectivity index (χ2v) is 4.04. The van der Waals surface area contributed by atoms with Gasteiger partial charge in [0.15, 0.2) is 6.23 Å². The van der Waals surface area contributed by atoms with E-state index in [4.69, 9.17) is 0 Å². The third-order valence-corrected chi connectivity index (χ3v) is 3.08. The van der Waals surface area contributed by atoms with Crippen molar-refractivity contribution in [1.82, 2.24) is 9.55 Å². The number of aliphatic hydroxyl groups is 1. The van der Waals surface area contributed by atoms with Crippen LogP contribution in [0.4, 0.5) is 5.69 Å². The molecule has 4 heteroatoms. The van der Waals surface area contributed by atoms with Crippen LogP contribution in [0.1, 0.15) is 17.7 Å². The van der Waals surface area contributed by atoms with Crippen molar-refractivity contribution in [2.75, 3.05) is 5.32 Å². The quantitative estimate of drug-likeness (QED) is 0.704. The first-order valence-electron chi connectivity index (χ1n) is 5.25. The maximum atomic E-state index is 9.96. The van der Waals surface area contributed by atoms with E-state index >= 15 is 0 Å². The molecule has 2 N–H and O–H groups in total. The van der Waals surface area contributed by atoms with Crippen LogP contribution in [-0.4, -0.2) is 14.7 Å². The molecular weight excluding hydrogens is 202 g/mol. The van der Waals surface area contributed by atoms with Crippen molar-refractivity contribution < 1.29 is 5.11 Å². The summed E-state index contributed by atoms with van der Waals surface area (Å²) in [7, 11) is 1.97. The van der Waals surface area contributed by atoms with Gasteiger partial charge < -0.3 is 15.0 Å². The maximum absolute atomic E-state index is 9.96. The topological polar surface area (TPSA) is 50.1 Å². The summed E-state index contributed by atoms with van der Waals surface area (Å²) in [6, 6.07) is 7.94. The van der Waals surface area contributed by atoms with E-state index in [9.17, 15) is 5.11 Å². The third-order valence-electron chi connectivity index (χ3n) is 3.08. The number of hydrogen-bond donors (Lipinski definition) is 2. The zero-order chi connectivity index (χ0) is 11.3. The normalized spacial score (nSPS) is 17.6. The van der Waals surface area contributed by atoms with Crippen LogP contribution in [0, 0.1) is 6.92 Å². The summed E-state index contributed by atoms with van der Waals surface area (Å²) >= 11 is 0. The van der Waals surface area contributed by atoms with Crippen LogP contribution in [-0.2, 0) is 7.05 Å². The highest BCUT2D eigenvalue weighted by Crippen LogP contribution is 2.38. The Bertz CT molecular complexity index is 559.